The zero-order valence-corrected chi connectivity index (χ0v) is 12.6. The molecule has 1 saturated heterocycles. The number of hydrogen-bond donors (Lipinski definition) is 1. The summed E-state index contributed by atoms with van der Waals surface area (Å²) in [5.41, 5.74) is 6.46. The number of benzene rings is 1. The summed E-state index contributed by atoms with van der Waals surface area (Å²) in [4.78, 5) is 16.5. The number of nitrogens with zero attached hydrogens (tertiary/aromatic N) is 2. The van der Waals surface area contributed by atoms with Crippen LogP contribution in [0.15, 0.2) is 24.8 Å². The molecule has 0 spiro atoms. The van der Waals surface area contributed by atoms with Crippen LogP contribution in [0.5, 0.6) is 0 Å². The minimum atomic E-state index is -0.0629. The summed E-state index contributed by atoms with van der Waals surface area (Å²) < 4.78 is 0. The number of hydrogen-bond acceptors (Lipinski definition) is 3. The predicted octanol–water partition coefficient (Wildman–Crippen LogP) is 2.52. The molecule has 1 amide bonds. The van der Waals surface area contributed by atoms with Crippen molar-refractivity contribution in [3.8, 4) is 0 Å². The van der Waals surface area contributed by atoms with Crippen LogP contribution >= 0.6 is 23.2 Å². The third-order valence-electron chi connectivity index (χ3n) is 3.37. The molecule has 1 aliphatic rings. The Morgan fingerprint density at radius 3 is 2.30 bits per heavy atom. The Morgan fingerprint density at radius 1 is 1.25 bits per heavy atom. The van der Waals surface area contributed by atoms with E-state index in [0.29, 0.717) is 34.4 Å². The van der Waals surface area contributed by atoms with Gasteiger partial charge in [0.1, 0.15) is 0 Å². The summed E-state index contributed by atoms with van der Waals surface area (Å²) in [7, 11) is 0. The van der Waals surface area contributed by atoms with Gasteiger partial charge >= 0.3 is 0 Å². The molecule has 0 atom stereocenters. The van der Waals surface area contributed by atoms with Crippen LogP contribution in [0.2, 0.25) is 10.0 Å². The fourth-order valence-electron chi connectivity index (χ4n) is 2.21. The lowest BCUT2D eigenvalue weighted by molar-refractivity contribution is 0.0650. The Hall–Kier alpha value is -1.23. The van der Waals surface area contributed by atoms with E-state index in [2.05, 4.69) is 11.5 Å². The first kappa shape index (κ1) is 15.2. The molecule has 0 aliphatic carbocycles. The predicted molar refractivity (Wildman–Crippen MR) is 83.4 cm³/mol. The molecule has 1 aromatic rings. The summed E-state index contributed by atoms with van der Waals surface area (Å²) in [5, 5.41) is 0.622. The van der Waals surface area contributed by atoms with Crippen LogP contribution in [0, 0.1) is 0 Å². The van der Waals surface area contributed by atoms with Crippen molar-refractivity contribution < 1.29 is 4.79 Å². The largest absolute Gasteiger partial charge is 0.396 e. The first-order valence-corrected chi connectivity index (χ1v) is 7.15. The number of halogens is 2. The fourth-order valence-corrected chi connectivity index (χ4v) is 2.69. The second-order valence-corrected chi connectivity index (χ2v) is 5.55. The van der Waals surface area contributed by atoms with Gasteiger partial charge in [-0.2, -0.15) is 0 Å². The molecule has 0 unspecified atom stereocenters. The molecular weight excluding hydrogens is 297 g/mol. The SMILES string of the molecule is C=CCN1CCN(C(=O)c2cc(Cl)c(N)c(Cl)c2)CC1. The van der Waals surface area contributed by atoms with Gasteiger partial charge in [0.05, 0.1) is 15.7 Å². The van der Waals surface area contributed by atoms with Crippen LogP contribution in [-0.2, 0) is 0 Å². The average molecular weight is 314 g/mol. The third-order valence-corrected chi connectivity index (χ3v) is 4.00. The van der Waals surface area contributed by atoms with Crippen molar-refractivity contribution in [2.24, 2.45) is 0 Å². The van der Waals surface area contributed by atoms with Crippen LogP contribution in [0.25, 0.3) is 0 Å². The van der Waals surface area contributed by atoms with Crippen molar-refractivity contribution in [2.45, 2.75) is 0 Å². The lowest BCUT2D eigenvalue weighted by Gasteiger charge is -2.34. The van der Waals surface area contributed by atoms with Crippen molar-refractivity contribution in [3.63, 3.8) is 0 Å². The summed E-state index contributed by atoms with van der Waals surface area (Å²) >= 11 is 11.9. The Morgan fingerprint density at radius 2 is 1.80 bits per heavy atom. The minimum absolute atomic E-state index is 0.0629. The molecule has 0 radical (unpaired) electrons. The van der Waals surface area contributed by atoms with Crippen molar-refractivity contribution in [1.82, 2.24) is 9.80 Å². The van der Waals surface area contributed by atoms with E-state index in [1.54, 1.807) is 17.0 Å². The third kappa shape index (κ3) is 3.26. The zero-order chi connectivity index (χ0) is 14.7. The molecule has 0 bridgehead atoms. The molecule has 1 heterocycles. The monoisotopic (exact) mass is 313 g/mol. The minimum Gasteiger partial charge on any atom is -0.396 e. The van der Waals surface area contributed by atoms with Gasteiger partial charge in [-0.1, -0.05) is 29.3 Å². The number of carbonyl (C=O) groups is 1. The highest BCUT2D eigenvalue weighted by molar-refractivity contribution is 6.39. The number of carbonyl (C=O) groups excluding carboxylic acids is 1. The second-order valence-electron chi connectivity index (χ2n) is 4.74. The number of nitrogens with two attached hydrogens (primary N) is 1. The van der Waals surface area contributed by atoms with Crippen LogP contribution in [0.4, 0.5) is 5.69 Å². The van der Waals surface area contributed by atoms with Gasteiger partial charge in [-0.25, -0.2) is 0 Å². The second kappa shape index (κ2) is 6.48. The van der Waals surface area contributed by atoms with Gasteiger partial charge in [-0.15, -0.1) is 6.58 Å². The number of amides is 1. The Kier molecular flexibility index (Phi) is 4.91. The van der Waals surface area contributed by atoms with E-state index >= 15 is 0 Å². The smallest absolute Gasteiger partial charge is 0.254 e. The van der Waals surface area contributed by atoms with E-state index in [1.807, 2.05) is 6.08 Å². The van der Waals surface area contributed by atoms with E-state index < -0.39 is 0 Å². The highest BCUT2D eigenvalue weighted by Gasteiger charge is 2.22. The lowest BCUT2D eigenvalue weighted by atomic mass is 10.1. The molecule has 4 nitrogen and oxygen atoms in total. The van der Waals surface area contributed by atoms with Crippen molar-refractivity contribution >= 4 is 34.8 Å². The summed E-state index contributed by atoms with van der Waals surface area (Å²) in [6, 6.07) is 3.14. The molecule has 1 aromatic carbocycles. The standard InChI is InChI=1S/C14H17Cl2N3O/c1-2-3-18-4-6-19(7-5-18)14(20)10-8-11(15)13(17)12(16)9-10/h2,8-9H,1,3-7,17H2. The number of rotatable bonds is 3. The number of nitrogen functional groups attached to an aromatic ring is 1. The van der Waals surface area contributed by atoms with Crippen LogP contribution in [0.1, 0.15) is 10.4 Å². The quantitative estimate of drug-likeness (QED) is 0.689. The van der Waals surface area contributed by atoms with Gasteiger partial charge in [0.2, 0.25) is 0 Å². The molecule has 20 heavy (non-hydrogen) atoms. The number of anilines is 1. The summed E-state index contributed by atoms with van der Waals surface area (Å²) in [5.74, 6) is -0.0629. The Balaban J connectivity index is 2.07. The molecule has 0 saturated carbocycles. The topological polar surface area (TPSA) is 49.6 Å². The average Bonchev–Trinajstić information content (AvgIpc) is 2.44. The van der Waals surface area contributed by atoms with Gasteiger partial charge in [-0.3, -0.25) is 9.69 Å². The van der Waals surface area contributed by atoms with Gasteiger partial charge < -0.3 is 10.6 Å². The molecule has 108 valence electrons. The normalized spacial score (nSPS) is 16.2. The van der Waals surface area contributed by atoms with Gasteiger partial charge in [0.15, 0.2) is 0 Å². The maximum atomic E-state index is 12.4. The number of piperazine rings is 1. The van der Waals surface area contributed by atoms with Gasteiger partial charge in [-0.05, 0) is 12.1 Å². The summed E-state index contributed by atoms with van der Waals surface area (Å²) in [6.07, 6.45) is 1.87. The van der Waals surface area contributed by atoms with E-state index in [-0.39, 0.29) is 5.91 Å². The molecule has 1 aliphatic heterocycles. The first-order valence-electron chi connectivity index (χ1n) is 6.40. The summed E-state index contributed by atoms with van der Waals surface area (Å²) in [6.45, 7) is 7.63. The molecule has 6 heteroatoms. The van der Waals surface area contributed by atoms with Crippen LogP contribution in [-0.4, -0.2) is 48.4 Å². The first-order chi connectivity index (χ1) is 9.52. The van der Waals surface area contributed by atoms with Crippen molar-refractivity contribution in [3.05, 3.63) is 40.4 Å². The van der Waals surface area contributed by atoms with Crippen LogP contribution in [0.3, 0.4) is 0 Å². The van der Waals surface area contributed by atoms with Gasteiger partial charge in [0.25, 0.3) is 5.91 Å². The zero-order valence-electron chi connectivity index (χ0n) is 11.1. The highest BCUT2D eigenvalue weighted by Crippen LogP contribution is 2.29. The van der Waals surface area contributed by atoms with E-state index in [1.165, 1.54) is 0 Å². The highest BCUT2D eigenvalue weighted by atomic mass is 35.5. The Bertz CT molecular complexity index is 502. The van der Waals surface area contributed by atoms with Crippen LogP contribution < -0.4 is 5.73 Å². The molecular formula is C14H17Cl2N3O. The molecule has 2 N–H and O–H groups in total. The van der Waals surface area contributed by atoms with Crippen molar-refractivity contribution in [1.29, 1.82) is 0 Å². The van der Waals surface area contributed by atoms with E-state index in [4.69, 9.17) is 28.9 Å². The van der Waals surface area contributed by atoms with E-state index in [0.717, 1.165) is 19.6 Å². The molecule has 0 aromatic heterocycles. The molecule has 1 fully saturated rings. The molecule has 2 rings (SSSR count). The maximum Gasteiger partial charge on any atom is 0.254 e. The van der Waals surface area contributed by atoms with Gasteiger partial charge in [0, 0.05) is 38.3 Å². The Labute approximate surface area is 128 Å². The fraction of sp³-hybridized carbons (Fsp3) is 0.357. The lowest BCUT2D eigenvalue weighted by Crippen LogP contribution is -2.48. The van der Waals surface area contributed by atoms with E-state index in [9.17, 15) is 4.79 Å². The maximum absolute atomic E-state index is 12.4. The van der Waals surface area contributed by atoms with Crippen molar-refractivity contribution in [2.75, 3.05) is 38.5 Å².